The van der Waals surface area contributed by atoms with Crippen LogP contribution in [-0.4, -0.2) is 34.0 Å². The molecule has 0 atom stereocenters. The third-order valence-electron chi connectivity index (χ3n) is 4.44. The Labute approximate surface area is 182 Å². The van der Waals surface area contributed by atoms with Gasteiger partial charge in [0.1, 0.15) is 6.61 Å². The van der Waals surface area contributed by atoms with Crippen molar-refractivity contribution in [1.29, 1.82) is 0 Å². The summed E-state index contributed by atoms with van der Waals surface area (Å²) in [5.41, 5.74) is 3.26. The molecule has 6 nitrogen and oxygen atoms in total. The van der Waals surface area contributed by atoms with Crippen molar-refractivity contribution in [2.45, 2.75) is 45.4 Å². The Kier molecular flexibility index (Phi) is 7.52. The molecule has 1 heterocycles. The van der Waals surface area contributed by atoms with E-state index >= 15 is 0 Å². The first-order chi connectivity index (χ1) is 14.5. The lowest BCUT2D eigenvalue weighted by molar-refractivity contribution is 0.269. The second kappa shape index (κ2) is 10.3. The number of nitrogens with zero attached hydrogens (tertiary/aromatic N) is 4. The minimum Gasteiger partial charge on any atom is -0.490 e. The first kappa shape index (κ1) is 21.9. The molecule has 0 aliphatic rings. The number of aryl methyl sites for hydroxylation is 1. The van der Waals surface area contributed by atoms with E-state index in [9.17, 15) is 0 Å². The second-order valence-corrected chi connectivity index (χ2v) is 7.94. The maximum atomic E-state index is 6.01. The molecule has 1 aromatic heterocycles. The topological polar surface area (TPSA) is 61.5 Å². The van der Waals surface area contributed by atoms with Crippen molar-refractivity contribution >= 4 is 18.0 Å². The van der Waals surface area contributed by atoms with Crippen molar-refractivity contribution in [3.63, 3.8) is 0 Å². The summed E-state index contributed by atoms with van der Waals surface area (Å²) in [5.74, 6) is 2.48. The van der Waals surface area contributed by atoms with E-state index in [0.717, 1.165) is 22.1 Å². The summed E-state index contributed by atoms with van der Waals surface area (Å²) in [6.45, 7) is 9.23. The molecule has 30 heavy (non-hydrogen) atoms. The summed E-state index contributed by atoms with van der Waals surface area (Å²) >= 11 is 1.52. The van der Waals surface area contributed by atoms with E-state index in [-0.39, 0.29) is 5.92 Å². The standard InChI is InChI=1S/C23H28N4O2S/c1-6-28-21-13-19(14-24-27-22(16(2)3)25-26-23(27)30-5)11-12-20(21)29-15-18-9-7-17(4)8-10-18/h7-14,16H,6,15H2,1-5H3/b24-14-. The van der Waals surface area contributed by atoms with Crippen molar-refractivity contribution in [2.75, 3.05) is 12.9 Å². The van der Waals surface area contributed by atoms with E-state index in [4.69, 9.17) is 9.47 Å². The predicted octanol–water partition coefficient (Wildman–Crippen LogP) is 5.29. The van der Waals surface area contributed by atoms with E-state index in [0.29, 0.717) is 24.7 Å². The highest BCUT2D eigenvalue weighted by Gasteiger charge is 2.13. The highest BCUT2D eigenvalue weighted by molar-refractivity contribution is 7.98. The molecule has 7 heteroatoms. The number of aromatic nitrogens is 3. The van der Waals surface area contributed by atoms with Gasteiger partial charge in [-0.3, -0.25) is 0 Å². The molecule has 0 bridgehead atoms. The number of hydrogen-bond acceptors (Lipinski definition) is 6. The predicted molar refractivity (Wildman–Crippen MR) is 122 cm³/mol. The molecule has 0 radical (unpaired) electrons. The van der Waals surface area contributed by atoms with Crippen LogP contribution in [0, 0.1) is 6.92 Å². The molecule has 0 aliphatic heterocycles. The Bertz CT molecular complexity index is 997. The molecular formula is C23H28N4O2S. The third kappa shape index (κ3) is 5.42. The molecule has 158 valence electrons. The summed E-state index contributed by atoms with van der Waals surface area (Å²) in [5, 5.41) is 13.8. The SMILES string of the molecule is CCOc1cc(/C=N\n2c(SC)nnc2C(C)C)ccc1OCc1ccc(C)cc1. The van der Waals surface area contributed by atoms with Crippen molar-refractivity contribution < 1.29 is 9.47 Å². The van der Waals surface area contributed by atoms with Crippen LogP contribution in [0.1, 0.15) is 49.2 Å². The number of rotatable bonds is 9. The maximum Gasteiger partial charge on any atom is 0.211 e. The minimum absolute atomic E-state index is 0.229. The van der Waals surface area contributed by atoms with E-state index < -0.39 is 0 Å². The molecule has 0 saturated carbocycles. The van der Waals surface area contributed by atoms with Gasteiger partial charge in [-0.25, -0.2) is 0 Å². The number of ether oxygens (including phenoxy) is 2. The Hall–Kier alpha value is -2.80. The molecule has 3 aromatic rings. The monoisotopic (exact) mass is 424 g/mol. The fourth-order valence-electron chi connectivity index (χ4n) is 2.83. The Morgan fingerprint density at radius 1 is 1.07 bits per heavy atom. The van der Waals surface area contributed by atoms with Gasteiger partial charge in [0.2, 0.25) is 5.16 Å². The zero-order valence-electron chi connectivity index (χ0n) is 18.1. The lowest BCUT2D eigenvalue weighted by atomic mass is 10.2. The largest absolute Gasteiger partial charge is 0.490 e. The molecule has 0 aliphatic carbocycles. The van der Waals surface area contributed by atoms with Crippen molar-refractivity contribution in [1.82, 2.24) is 14.9 Å². The first-order valence-corrected chi connectivity index (χ1v) is 11.2. The van der Waals surface area contributed by atoms with Crippen LogP contribution >= 0.6 is 11.8 Å². The average Bonchev–Trinajstić information content (AvgIpc) is 3.16. The molecule has 0 N–H and O–H groups in total. The van der Waals surface area contributed by atoms with Crippen LogP contribution in [0.25, 0.3) is 0 Å². The van der Waals surface area contributed by atoms with Crippen molar-refractivity contribution in [2.24, 2.45) is 5.10 Å². The average molecular weight is 425 g/mol. The van der Waals surface area contributed by atoms with Crippen LogP contribution in [0.2, 0.25) is 0 Å². The van der Waals surface area contributed by atoms with E-state index in [1.807, 2.05) is 31.4 Å². The van der Waals surface area contributed by atoms with Gasteiger partial charge in [0, 0.05) is 5.92 Å². The summed E-state index contributed by atoms with van der Waals surface area (Å²) in [7, 11) is 0. The minimum atomic E-state index is 0.229. The summed E-state index contributed by atoms with van der Waals surface area (Å²) in [4.78, 5) is 0. The summed E-state index contributed by atoms with van der Waals surface area (Å²) < 4.78 is 13.6. The normalized spacial score (nSPS) is 11.4. The van der Waals surface area contributed by atoms with Gasteiger partial charge in [-0.2, -0.15) is 9.78 Å². The highest BCUT2D eigenvalue weighted by atomic mass is 32.2. The van der Waals surface area contributed by atoms with Gasteiger partial charge in [-0.1, -0.05) is 55.4 Å². The molecule has 3 rings (SSSR count). The maximum absolute atomic E-state index is 6.01. The van der Waals surface area contributed by atoms with Gasteiger partial charge in [0.25, 0.3) is 0 Å². The van der Waals surface area contributed by atoms with Crippen LogP contribution < -0.4 is 9.47 Å². The molecule has 0 spiro atoms. The zero-order chi connectivity index (χ0) is 21.5. The van der Waals surface area contributed by atoms with Gasteiger partial charge < -0.3 is 9.47 Å². The van der Waals surface area contributed by atoms with Gasteiger partial charge in [-0.05, 0) is 49.4 Å². The van der Waals surface area contributed by atoms with Crippen LogP contribution in [0.3, 0.4) is 0 Å². The van der Waals surface area contributed by atoms with Gasteiger partial charge in [0.05, 0.1) is 12.8 Å². The highest BCUT2D eigenvalue weighted by Crippen LogP contribution is 2.29. The quantitative estimate of drug-likeness (QED) is 0.345. The fraction of sp³-hybridized carbons (Fsp3) is 0.348. The van der Waals surface area contributed by atoms with Crippen LogP contribution in [-0.2, 0) is 6.61 Å². The lowest BCUT2D eigenvalue weighted by Gasteiger charge is -2.13. The smallest absolute Gasteiger partial charge is 0.211 e. The van der Waals surface area contributed by atoms with E-state index in [1.54, 1.807) is 10.9 Å². The molecule has 0 fully saturated rings. The Balaban J connectivity index is 1.80. The zero-order valence-corrected chi connectivity index (χ0v) is 18.9. The Morgan fingerprint density at radius 3 is 2.50 bits per heavy atom. The lowest BCUT2D eigenvalue weighted by Crippen LogP contribution is -2.03. The van der Waals surface area contributed by atoms with Crippen LogP contribution in [0.5, 0.6) is 11.5 Å². The third-order valence-corrected chi connectivity index (χ3v) is 5.06. The van der Waals surface area contributed by atoms with Gasteiger partial charge in [-0.15, -0.1) is 10.2 Å². The summed E-state index contributed by atoms with van der Waals surface area (Å²) in [6.07, 6.45) is 3.76. The Morgan fingerprint density at radius 2 is 1.83 bits per heavy atom. The first-order valence-electron chi connectivity index (χ1n) is 10.0. The molecular weight excluding hydrogens is 396 g/mol. The number of hydrogen-bond donors (Lipinski definition) is 0. The van der Waals surface area contributed by atoms with Gasteiger partial charge in [0.15, 0.2) is 17.3 Å². The van der Waals surface area contributed by atoms with Crippen LogP contribution in [0.15, 0.2) is 52.7 Å². The van der Waals surface area contributed by atoms with E-state index in [1.165, 1.54) is 17.3 Å². The molecule has 0 amide bonds. The fourth-order valence-corrected chi connectivity index (χ4v) is 3.27. The van der Waals surface area contributed by atoms with Gasteiger partial charge >= 0.3 is 0 Å². The second-order valence-electron chi connectivity index (χ2n) is 7.17. The summed E-state index contributed by atoms with van der Waals surface area (Å²) in [6, 6.07) is 14.1. The van der Waals surface area contributed by atoms with E-state index in [2.05, 4.69) is 60.3 Å². The van der Waals surface area contributed by atoms with Crippen molar-refractivity contribution in [3.05, 3.63) is 65.0 Å². The molecule has 2 aromatic carbocycles. The number of thioether (sulfide) groups is 1. The molecule has 0 unspecified atom stereocenters. The van der Waals surface area contributed by atoms with Crippen LogP contribution in [0.4, 0.5) is 0 Å². The number of benzene rings is 2. The molecule has 0 saturated heterocycles. The van der Waals surface area contributed by atoms with Crippen molar-refractivity contribution in [3.8, 4) is 11.5 Å².